The topological polar surface area (TPSA) is 96.6 Å². The quantitative estimate of drug-likeness (QED) is 0.418. The van der Waals surface area contributed by atoms with Crippen LogP contribution in [0.1, 0.15) is 45.1 Å². The van der Waals surface area contributed by atoms with Crippen LogP contribution >= 0.6 is 0 Å². The Hall–Kier alpha value is -1.96. The SMILES string of the molecule is CCNC(=NCC(Cc1ccc(F)cc1)C(N)=O)NC1CCCC(S(=O)CC)C1. The molecule has 1 aliphatic rings. The third-order valence-electron chi connectivity index (χ3n) is 5.23. The molecule has 1 aromatic carbocycles. The zero-order valence-electron chi connectivity index (χ0n) is 17.3. The number of carbonyl (C=O) groups is 1. The lowest BCUT2D eigenvalue weighted by molar-refractivity contribution is -0.121. The van der Waals surface area contributed by atoms with Gasteiger partial charge in [-0.05, 0) is 50.3 Å². The lowest BCUT2D eigenvalue weighted by atomic mass is 9.95. The number of rotatable bonds is 9. The van der Waals surface area contributed by atoms with Gasteiger partial charge >= 0.3 is 0 Å². The molecule has 4 N–H and O–H groups in total. The van der Waals surface area contributed by atoms with Gasteiger partial charge in [0.25, 0.3) is 0 Å². The summed E-state index contributed by atoms with van der Waals surface area (Å²) in [5.41, 5.74) is 6.42. The van der Waals surface area contributed by atoms with Crippen molar-refractivity contribution in [2.45, 2.75) is 57.2 Å². The molecule has 4 atom stereocenters. The molecule has 2 rings (SSSR count). The molecule has 0 aliphatic heterocycles. The van der Waals surface area contributed by atoms with Crippen molar-refractivity contribution < 1.29 is 13.4 Å². The van der Waals surface area contributed by atoms with E-state index in [2.05, 4.69) is 15.6 Å². The molecule has 1 saturated carbocycles. The van der Waals surface area contributed by atoms with Gasteiger partial charge in [-0.2, -0.15) is 0 Å². The lowest BCUT2D eigenvalue weighted by Gasteiger charge is -2.30. The van der Waals surface area contributed by atoms with E-state index in [1.807, 2.05) is 13.8 Å². The number of primary amides is 1. The maximum Gasteiger partial charge on any atom is 0.222 e. The Morgan fingerprint density at radius 1 is 1.31 bits per heavy atom. The summed E-state index contributed by atoms with van der Waals surface area (Å²) in [6.45, 7) is 4.89. The summed E-state index contributed by atoms with van der Waals surface area (Å²) in [7, 11) is -0.782. The Morgan fingerprint density at radius 3 is 2.66 bits per heavy atom. The molecule has 0 bridgehead atoms. The number of guanidine groups is 1. The van der Waals surface area contributed by atoms with Gasteiger partial charge in [-0.15, -0.1) is 0 Å². The number of nitrogens with two attached hydrogens (primary N) is 1. The zero-order chi connectivity index (χ0) is 21.2. The first-order valence-electron chi connectivity index (χ1n) is 10.4. The van der Waals surface area contributed by atoms with E-state index in [0.29, 0.717) is 24.7 Å². The molecule has 6 nitrogen and oxygen atoms in total. The number of nitrogens with zero attached hydrogens (tertiary/aromatic N) is 1. The van der Waals surface area contributed by atoms with E-state index < -0.39 is 22.6 Å². The van der Waals surface area contributed by atoms with Gasteiger partial charge in [0.2, 0.25) is 5.91 Å². The average molecular weight is 425 g/mol. The van der Waals surface area contributed by atoms with Crippen LogP contribution in [0.5, 0.6) is 0 Å². The minimum Gasteiger partial charge on any atom is -0.369 e. The van der Waals surface area contributed by atoms with Crippen molar-refractivity contribution in [3.8, 4) is 0 Å². The summed E-state index contributed by atoms with van der Waals surface area (Å²) in [5, 5.41) is 6.88. The summed E-state index contributed by atoms with van der Waals surface area (Å²) < 4.78 is 25.3. The molecule has 0 heterocycles. The number of aliphatic imine (C=N–C) groups is 1. The predicted octanol–water partition coefficient (Wildman–Crippen LogP) is 2.10. The van der Waals surface area contributed by atoms with E-state index in [1.165, 1.54) is 12.1 Å². The van der Waals surface area contributed by atoms with Gasteiger partial charge in [0, 0.05) is 34.4 Å². The number of halogens is 1. The van der Waals surface area contributed by atoms with Crippen LogP contribution in [0.3, 0.4) is 0 Å². The Labute approximate surface area is 175 Å². The second kappa shape index (κ2) is 11.9. The Kier molecular flexibility index (Phi) is 9.57. The van der Waals surface area contributed by atoms with Crippen molar-refractivity contribution in [2.75, 3.05) is 18.8 Å². The fraction of sp³-hybridized carbons (Fsp3) is 0.619. The first kappa shape index (κ1) is 23.3. The predicted molar refractivity (Wildman–Crippen MR) is 117 cm³/mol. The van der Waals surface area contributed by atoms with E-state index in [9.17, 15) is 13.4 Å². The largest absolute Gasteiger partial charge is 0.369 e. The monoisotopic (exact) mass is 424 g/mol. The lowest BCUT2D eigenvalue weighted by Crippen LogP contribution is -2.47. The van der Waals surface area contributed by atoms with Crippen molar-refractivity contribution in [2.24, 2.45) is 16.6 Å². The number of benzene rings is 1. The second-order valence-corrected chi connectivity index (χ2v) is 9.45. The number of hydrogen-bond acceptors (Lipinski definition) is 3. The molecule has 162 valence electrons. The van der Waals surface area contributed by atoms with Crippen LogP contribution in [0.15, 0.2) is 29.3 Å². The van der Waals surface area contributed by atoms with Crippen LogP contribution in [0.2, 0.25) is 0 Å². The van der Waals surface area contributed by atoms with Gasteiger partial charge in [-0.3, -0.25) is 14.0 Å². The molecule has 4 unspecified atom stereocenters. The minimum absolute atomic E-state index is 0.214. The standard InChI is InChI=1S/C21H33FN4O2S/c1-3-24-21(26-18-6-5-7-19(13-18)29(28)4-2)25-14-16(20(23)27)12-15-8-10-17(22)11-9-15/h8-11,16,18-19H,3-7,12-14H2,1-2H3,(H2,23,27)(H2,24,25,26). The van der Waals surface area contributed by atoms with E-state index in [4.69, 9.17) is 5.73 Å². The van der Waals surface area contributed by atoms with Gasteiger partial charge < -0.3 is 16.4 Å². The highest BCUT2D eigenvalue weighted by molar-refractivity contribution is 7.85. The van der Waals surface area contributed by atoms with Crippen molar-refractivity contribution in [1.82, 2.24) is 10.6 Å². The van der Waals surface area contributed by atoms with Gasteiger partial charge in [0.1, 0.15) is 5.82 Å². The Bertz CT molecular complexity index is 711. The first-order valence-corrected chi connectivity index (χ1v) is 11.8. The van der Waals surface area contributed by atoms with E-state index >= 15 is 0 Å². The van der Waals surface area contributed by atoms with Crippen molar-refractivity contribution in [3.63, 3.8) is 0 Å². The molecular formula is C21H33FN4O2S. The fourth-order valence-corrected chi connectivity index (χ4v) is 4.97. The molecular weight excluding hydrogens is 391 g/mol. The summed E-state index contributed by atoms with van der Waals surface area (Å²) in [5.74, 6) is 0.129. The van der Waals surface area contributed by atoms with Crippen molar-refractivity contribution in [3.05, 3.63) is 35.6 Å². The highest BCUT2D eigenvalue weighted by atomic mass is 32.2. The third-order valence-corrected chi connectivity index (χ3v) is 6.98. The number of nitrogens with one attached hydrogen (secondary N) is 2. The zero-order valence-corrected chi connectivity index (χ0v) is 18.1. The van der Waals surface area contributed by atoms with Gasteiger partial charge in [0.05, 0.1) is 12.5 Å². The first-order chi connectivity index (χ1) is 13.9. The molecule has 1 amide bonds. The molecule has 29 heavy (non-hydrogen) atoms. The smallest absolute Gasteiger partial charge is 0.222 e. The highest BCUT2D eigenvalue weighted by Crippen LogP contribution is 2.23. The van der Waals surface area contributed by atoms with Crippen molar-refractivity contribution >= 4 is 22.7 Å². The fourth-order valence-electron chi connectivity index (χ4n) is 3.63. The number of carbonyl (C=O) groups excluding carboxylic acids is 1. The van der Waals surface area contributed by atoms with Crippen LogP contribution in [0.4, 0.5) is 4.39 Å². The van der Waals surface area contributed by atoms with Crippen LogP contribution < -0.4 is 16.4 Å². The molecule has 0 spiro atoms. The van der Waals surface area contributed by atoms with Crippen LogP contribution in [0, 0.1) is 11.7 Å². The Balaban J connectivity index is 2.00. The minimum atomic E-state index is -0.782. The molecule has 1 fully saturated rings. The summed E-state index contributed by atoms with van der Waals surface area (Å²) >= 11 is 0. The van der Waals surface area contributed by atoms with Gasteiger partial charge in [0.15, 0.2) is 5.96 Å². The molecule has 1 aromatic rings. The number of hydrogen-bond donors (Lipinski definition) is 3. The normalized spacial score (nSPS) is 22.0. The second-order valence-electron chi connectivity index (χ2n) is 7.45. The summed E-state index contributed by atoms with van der Waals surface area (Å²) in [4.78, 5) is 16.5. The highest BCUT2D eigenvalue weighted by Gasteiger charge is 2.26. The summed E-state index contributed by atoms with van der Waals surface area (Å²) in [6.07, 6.45) is 4.34. The van der Waals surface area contributed by atoms with E-state index in [1.54, 1.807) is 12.1 Å². The average Bonchev–Trinajstić information content (AvgIpc) is 2.71. The maximum atomic E-state index is 13.1. The molecule has 8 heteroatoms. The molecule has 1 aliphatic carbocycles. The van der Waals surface area contributed by atoms with Crippen LogP contribution in [0.25, 0.3) is 0 Å². The summed E-state index contributed by atoms with van der Waals surface area (Å²) in [6, 6.07) is 6.29. The van der Waals surface area contributed by atoms with Gasteiger partial charge in [-0.1, -0.05) is 25.5 Å². The van der Waals surface area contributed by atoms with E-state index in [0.717, 1.165) is 31.2 Å². The Morgan fingerprint density at radius 2 is 2.03 bits per heavy atom. The molecule has 0 radical (unpaired) electrons. The van der Waals surface area contributed by atoms with E-state index in [-0.39, 0.29) is 23.7 Å². The van der Waals surface area contributed by atoms with Crippen LogP contribution in [-0.2, 0) is 22.0 Å². The van der Waals surface area contributed by atoms with Crippen LogP contribution in [-0.4, -0.2) is 46.2 Å². The molecule has 0 aromatic heterocycles. The molecule has 0 saturated heterocycles. The maximum absolute atomic E-state index is 13.1. The van der Waals surface area contributed by atoms with Crippen molar-refractivity contribution in [1.29, 1.82) is 0 Å². The van der Waals surface area contributed by atoms with Gasteiger partial charge in [-0.25, -0.2) is 4.39 Å². The number of amides is 1. The third kappa shape index (κ3) is 7.76.